The van der Waals surface area contributed by atoms with Gasteiger partial charge in [0.1, 0.15) is 0 Å². The first-order valence-electron chi connectivity index (χ1n) is 9.08. The minimum atomic E-state index is -0.980. The molecule has 0 unspecified atom stereocenters. The number of aromatic carboxylic acids is 1. The lowest BCUT2D eigenvalue weighted by molar-refractivity contribution is 0.0696. The summed E-state index contributed by atoms with van der Waals surface area (Å²) in [5.74, 6) is -0.980. The maximum atomic E-state index is 11.6. The van der Waals surface area contributed by atoms with Crippen LogP contribution < -0.4 is 0 Å². The maximum absolute atomic E-state index is 11.6. The highest BCUT2D eigenvalue weighted by Gasteiger charge is 2.37. The van der Waals surface area contributed by atoms with Gasteiger partial charge in [-0.05, 0) is 71.0 Å². The highest BCUT2D eigenvalue weighted by atomic mass is 16.4. The zero-order chi connectivity index (χ0) is 19.3. The molecule has 0 saturated heterocycles. The van der Waals surface area contributed by atoms with Gasteiger partial charge < -0.3 is 5.11 Å². The van der Waals surface area contributed by atoms with Crippen LogP contribution in [0, 0.1) is 6.92 Å². The number of carbonyl (C=O) groups is 1. The quantitative estimate of drug-likeness (QED) is 0.796. The molecule has 3 rings (SSSR count). The number of pyridine rings is 1. The normalized spacial score (nSPS) is 17.4. The van der Waals surface area contributed by atoms with E-state index in [0.29, 0.717) is 11.3 Å². The van der Waals surface area contributed by atoms with Crippen molar-refractivity contribution >= 4 is 11.5 Å². The van der Waals surface area contributed by atoms with Crippen molar-refractivity contribution in [2.75, 3.05) is 0 Å². The van der Waals surface area contributed by atoms with E-state index in [2.05, 4.69) is 58.3 Å². The van der Waals surface area contributed by atoms with Gasteiger partial charge in [0.2, 0.25) is 0 Å². The van der Waals surface area contributed by atoms with Crippen LogP contribution in [0.2, 0.25) is 0 Å². The molecule has 26 heavy (non-hydrogen) atoms. The van der Waals surface area contributed by atoms with E-state index in [1.807, 2.05) is 0 Å². The zero-order valence-electron chi connectivity index (χ0n) is 16.3. The molecule has 1 heterocycles. The Morgan fingerprint density at radius 1 is 1.08 bits per heavy atom. The molecule has 3 heteroatoms. The summed E-state index contributed by atoms with van der Waals surface area (Å²) in [6, 6.07) is 7.70. The van der Waals surface area contributed by atoms with Crippen LogP contribution in [-0.2, 0) is 10.8 Å². The van der Waals surface area contributed by atoms with E-state index in [-0.39, 0.29) is 16.4 Å². The molecule has 1 aliphatic carbocycles. The Hall–Kier alpha value is -2.42. The Kier molecular flexibility index (Phi) is 4.30. The molecule has 0 spiro atoms. The lowest BCUT2D eigenvalue weighted by Crippen LogP contribution is -2.34. The third kappa shape index (κ3) is 2.96. The van der Waals surface area contributed by atoms with Crippen LogP contribution in [0.3, 0.4) is 0 Å². The summed E-state index contributed by atoms with van der Waals surface area (Å²) >= 11 is 0. The molecule has 0 fully saturated rings. The highest BCUT2D eigenvalue weighted by Crippen LogP contribution is 2.47. The first-order chi connectivity index (χ1) is 12.0. The SMILES string of the molecule is C=C(c1cc2c(cc1C)C(C)(C)CCC2(C)C)c1ncccc1C(=O)O. The summed E-state index contributed by atoms with van der Waals surface area (Å²) < 4.78 is 0. The monoisotopic (exact) mass is 349 g/mol. The molecule has 0 saturated carbocycles. The van der Waals surface area contributed by atoms with Gasteiger partial charge in [-0.25, -0.2) is 4.79 Å². The first kappa shape index (κ1) is 18.4. The predicted molar refractivity (Wildman–Crippen MR) is 106 cm³/mol. The van der Waals surface area contributed by atoms with E-state index in [9.17, 15) is 9.90 Å². The zero-order valence-corrected chi connectivity index (χ0v) is 16.3. The standard InChI is InChI=1S/C23H27NO2/c1-14-12-18-19(23(5,6)10-9-22(18,3)4)13-17(14)15(2)20-16(21(25)26)8-7-11-24-20/h7-8,11-13H,2,9-10H2,1,3-6H3,(H,25,26). The van der Waals surface area contributed by atoms with Gasteiger partial charge >= 0.3 is 5.97 Å². The largest absolute Gasteiger partial charge is 0.478 e. The average molecular weight is 349 g/mol. The first-order valence-corrected chi connectivity index (χ1v) is 9.08. The molecule has 0 bridgehead atoms. The predicted octanol–water partition coefficient (Wildman–Crippen LogP) is 5.50. The van der Waals surface area contributed by atoms with Gasteiger partial charge in [0.25, 0.3) is 0 Å². The third-order valence-electron chi connectivity index (χ3n) is 5.85. The molecular formula is C23H27NO2. The van der Waals surface area contributed by atoms with Gasteiger partial charge in [0, 0.05) is 11.8 Å². The van der Waals surface area contributed by atoms with Crippen molar-refractivity contribution < 1.29 is 9.90 Å². The van der Waals surface area contributed by atoms with Crippen LogP contribution in [0.4, 0.5) is 0 Å². The second-order valence-corrected chi connectivity index (χ2v) is 8.66. The van der Waals surface area contributed by atoms with Crippen LogP contribution in [0.25, 0.3) is 5.57 Å². The Balaban J connectivity index is 2.19. The van der Waals surface area contributed by atoms with Crippen molar-refractivity contribution in [2.45, 2.75) is 58.3 Å². The summed E-state index contributed by atoms with van der Waals surface area (Å²) in [6.07, 6.45) is 3.91. The number of benzene rings is 1. The molecule has 0 amide bonds. The van der Waals surface area contributed by atoms with E-state index < -0.39 is 5.97 Å². The van der Waals surface area contributed by atoms with Crippen LogP contribution in [0.1, 0.15) is 78.8 Å². The maximum Gasteiger partial charge on any atom is 0.337 e. The molecule has 0 radical (unpaired) electrons. The number of carboxylic acids is 1. The van der Waals surface area contributed by atoms with Crippen molar-refractivity contribution in [3.63, 3.8) is 0 Å². The molecular weight excluding hydrogens is 322 g/mol. The average Bonchev–Trinajstić information content (AvgIpc) is 2.58. The Morgan fingerprint density at radius 2 is 1.65 bits per heavy atom. The second-order valence-electron chi connectivity index (χ2n) is 8.66. The Bertz CT molecular complexity index is 906. The van der Waals surface area contributed by atoms with Gasteiger partial charge in [-0.15, -0.1) is 0 Å². The van der Waals surface area contributed by atoms with Crippen LogP contribution in [0.5, 0.6) is 0 Å². The number of aromatic nitrogens is 1. The molecule has 3 nitrogen and oxygen atoms in total. The number of hydrogen-bond acceptors (Lipinski definition) is 2. The van der Waals surface area contributed by atoms with E-state index in [1.165, 1.54) is 11.1 Å². The highest BCUT2D eigenvalue weighted by molar-refractivity contribution is 5.95. The number of carboxylic acid groups (broad SMARTS) is 1. The molecule has 1 aliphatic rings. The summed E-state index contributed by atoms with van der Waals surface area (Å²) in [5, 5.41) is 9.49. The summed E-state index contributed by atoms with van der Waals surface area (Å²) in [6.45, 7) is 15.4. The topological polar surface area (TPSA) is 50.2 Å². The lowest BCUT2D eigenvalue weighted by atomic mass is 9.62. The molecule has 1 aromatic carbocycles. The summed E-state index contributed by atoms with van der Waals surface area (Å²) in [4.78, 5) is 15.9. The van der Waals surface area contributed by atoms with Crippen molar-refractivity contribution in [1.29, 1.82) is 0 Å². The fourth-order valence-electron chi connectivity index (χ4n) is 3.99. The van der Waals surface area contributed by atoms with E-state index >= 15 is 0 Å². The second kappa shape index (κ2) is 6.08. The minimum Gasteiger partial charge on any atom is -0.478 e. The van der Waals surface area contributed by atoms with Crippen LogP contribution >= 0.6 is 0 Å². The molecule has 1 aromatic heterocycles. The van der Waals surface area contributed by atoms with Crippen molar-refractivity contribution in [3.05, 3.63) is 70.6 Å². The van der Waals surface area contributed by atoms with E-state index in [1.54, 1.807) is 18.3 Å². The number of hydrogen-bond donors (Lipinski definition) is 1. The third-order valence-corrected chi connectivity index (χ3v) is 5.85. The number of rotatable bonds is 3. The van der Waals surface area contributed by atoms with E-state index in [0.717, 1.165) is 24.0 Å². The van der Waals surface area contributed by atoms with Crippen molar-refractivity contribution in [3.8, 4) is 0 Å². The molecule has 136 valence electrons. The number of aryl methyl sites for hydroxylation is 1. The molecule has 0 atom stereocenters. The fraction of sp³-hybridized carbons (Fsp3) is 0.391. The van der Waals surface area contributed by atoms with Crippen molar-refractivity contribution in [1.82, 2.24) is 4.98 Å². The lowest BCUT2D eigenvalue weighted by Gasteiger charge is -2.42. The molecule has 1 N–H and O–H groups in total. The molecule has 2 aromatic rings. The van der Waals surface area contributed by atoms with Gasteiger partial charge in [0.05, 0.1) is 11.3 Å². The van der Waals surface area contributed by atoms with Crippen molar-refractivity contribution in [2.24, 2.45) is 0 Å². The number of nitrogens with zero attached hydrogens (tertiary/aromatic N) is 1. The number of fused-ring (bicyclic) bond motifs is 1. The van der Waals surface area contributed by atoms with Gasteiger partial charge in [-0.3, -0.25) is 4.98 Å². The fourth-order valence-corrected chi connectivity index (χ4v) is 3.99. The smallest absolute Gasteiger partial charge is 0.337 e. The Labute approximate surface area is 155 Å². The summed E-state index contributed by atoms with van der Waals surface area (Å²) in [7, 11) is 0. The van der Waals surface area contributed by atoms with E-state index in [4.69, 9.17) is 0 Å². The van der Waals surface area contributed by atoms with Crippen LogP contribution in [-0.4, -0.2) is 16.1 Å². The van der Waals surface area contributed by atoms with Gasteiger partial charge in [-0.1, -0.05) is 40.3 Å². The van der Waals surface area contributed by atoms with Crippen LogP contribution in [0.15, 0.2) is 37.0 Å². The summed E-state index contributed by atoms with van der Waals surface area (Å²) in [5.41, 5.74) is 6.36. The molecule has 0 aliphatic heterocycles. The Morgan fingerprint density at radius 3 is 2.23 bits per heavy atom. The van der Waals surface area contributed by atoms with Gasteiger partial charge in [-0.2, -0.15) is 0 Å². The van der Waals surface area contributed by atoms with Gasteiger partial charge in [0.15, 0.2) is 0 Å². The minimum absolute atomic E-state index is 0.0906.